The summed E-state index contributed by atoms with van der Waals surface area (Å²) >= 11 is 0. The molecule has 0 aliphatic rings. The van der Waals surface area contributed by atoms with Crippen molar-refractivity contribution in [1.82, 2.24) is 14.7 Å². The van der Waals surface area contributed by atoms with E-state index in [1.807, 2.05) is 59.5 Å². The summed E-state index contributed by atoms with van der Waals surface area (Å²) in [5, 5.41) is 4.42. The van der Waals surface area contributed by atoms with Crippen LogP contribution in [0.2, 0.25) is 0 Å². The van der Waals surface area contributed by atoms with Crippen LogP contribution in [0.25, 0.3) is 5.69 Å². The zero-order valence-corrected chi connectivity index (χ0v) is 13.6. The van der Waals surface area contributed by atoms with Crippen LogP contribution in [0.3, 0.4) is 0 Å². The molecule has 5 heteroatoms. The van der Waals surface area contributed by atoms with Crippen molar-refractivity contribution in [2.45, 2.75) is 13.1 Å². The van der Waals surface area contributed by atoms with E-state index in [9.17, 15) is 4.79 Å². The van der Waals surface area contributed by atoms with Gasteiger partial charge in [0.1, 0.15) is 0 Å². The van der Waals surface area contributed by atoms with Crippen LogP contribution < -0.4 is 5.73 Å². The van der Waals surface area contributed by atoms with Crippen molar-refractivity contribution in [3.63, 3.8) is 0 Å². The van der Waals surface area contributed by atoms with Gasteiger partial charge in [-0.3, -0.25) is 9.69 Å². The molecule has 3 rings (SSSR count). The molecule has 0 saturated heterocycles. The normalized spacial score (nSPS) is 10.9. The average Bonchev–Trinajstić information content (AvgIpc) is 3.04. The van der Waals surface area contributed by atoms with Gasteiger partial charge in [0.15, 0.2) is 0 Å². The number of carbonyl (C=O) groups is 1. The standard InChI is InChI=1S/C19H20N4O/c1-22(12-15-7-9-17(10-8-15)19(20)24)13-16-11-21-23(14-16)18-5-3-2-4-6-18/h2-11,14H,12-13H2,1H3,(H2,20,24). The summed E-state index contributed by atoms with van der Waals surface area (Å²) < 4.78 is 1.88. The van der Waals surface area contributed by atoms with Gasteiger partial charge in [0.2, 0.25) is 5.91 Å². The minimum absolute atomic E-state index is 0.400. The average molecular weight is 320 g/mol. The minimum atomic E-state index is -0.400. The second-order valence-electron chi connectivity index (χ2n) is 5.86. The Morgan fingerprint density at radius 1 is 1.04 bits per heavy atom. The summed E-state index contributed by atoms with van der Waals surface area (Å²) in [7, 11) is 2.06. The molecule has 0 fully saturated rings. The van der Waals surface area contributed by atoms with E-state index in [-0.39, 0.29) is 0 Å². The van der Waals surface area contributed by atoms with Crippen LogP contribution in [0.5, 0.6) is 0 Å². The van der Waals surface area contributed by atoms with Crippen molar-refractivity contribution in [3.8, 4) is 5.69 Å². The highest BCUT2D eigenvalue weighted by molar-refractivity contribution is 5.92. The molecule has 0 spiro atoms. The van der Waals surface area contributed by atoms with E-state index in [4.69, 9.17) is 5.73 Å². The lowest BCUT2D eigenvalue weighted by Gasteiger charge is -2.15. The maximum absolute atomic E-state index is 11.1. The molecule has 1 heterocycles. The first-order valence-electron chi connectivity index (χ1n) is 7.78. The highest BCUT2D eigenvalue weighted by Crippen LogP contribution is 2.11. The lowest BCUT2D eigenvalue weighted by molar-refractivity contribution is 0.100. The molecular weight excluding hydrogens is 300 g/mol. The molecule has 122 valence electrons. The molecule has 0 aliphatic heterocycles. The van der Waals surface area contributed by atoms with Gasteiger partial charge in [0.25, 0.3) is 0 Å². The van der Waals surface area contributed by atoms with E-state index in [1.54, 1.807) is 12.1 Å². The number of aromatic nitrogens is 2. The van der Waals surface area contributed by atoms with Crippen molar-refractivity contribution < 1.29 is 4.79 Å². The Hall–Kier alpha value is -2.92. The van der Waals surface area contributed by atoms with Crippen molar-refractivity contribution >= 4 is 5.91 Å². The summed E-state index contributed by atoms with van der Waals surface area (Å²) in [5.41, 5.74) is 9.13. The third kappa shape index (κ3) is 3.88. The molecular formula is C19H20N4O. The molecule has 0 atom stereocenters. The van der Waals surface area contributed by atoms with Crippen LogP contribution in [0.4, 0.5) is 0 Å². The zero-order valence-electron chi connectivity index (χ0n) is 13.6. The van der Waals surface area contributed by atoms with Crippen LogP contribution in [0.1, 0.15) is 21.5 Å². The first-order chi connectivity index (χ1) is 11.6. The topological polar surface area (TPSA) is 64.2 Å². The van der Waals surface area contributed by atoms with Crippen LogP contribution >= 0.6 is 0 Å². The summed E-state index contributed by atoms with van der Waals surface area (Å²) in [5.74, 6) is -0.400. The molecule has 2 aromatic carbocycles. The third-order valence-electron chi connectivity index (χ3n) is 3.80. The molecule has 1 amide bonds. The second-order valence-corrected chi connectivity index (χ2v) is 5.86. The van der Waals surface area contributed by atoms with Gasteiger partial charge < -0.3 is 5.73 Å². The molecule has 5 nitrogen and oxygen atoms in total. The molecule has 0 saturated carbocycles. The molecule has 2 N–H and O–H groups in total. The van der Waals surface area contributed by atoms with Gasteiger partial charge in [0, 0.05) is 30.4 Å². The van der Waals surface area contributed by atoms with Crippen LogP contribution in [-0.4, -0.2) is 27.6 Å². The minimum Gasteiger partial charge on any atom is -0.366 e. The highest BCUT2D eigenvalue weighted by atomic mass is 16.1. The number of nitrogens with two attached hydrogens (primary N) is 1. The van der Waals surface area contributed by atoms with E-state index >= 15 is 0 Å². The molecule has 24 heavy (non-hydrogen) atoms. The fourth-order valence-electron chi connectivity index (χ4n) is 2.62. The summed E-state index contributed by atoms with van der Waals surface area (Å²) in [6.07, 6.45) is 3.93. The monoisotopic (exact) mass is 320 g/mol. The number of nitrogens with zero attached hydrogens (tertiary/aromatic N) is 3. The molecule has 1 aromatic heterocycles. The summed E-state index contributed by atoms with van der Waals surface area (Å²) in [6.45, 7) is 1.58. The fraction of sp³-hybridized carbons (Fsp3) is 0.158. The quantitative estimate of drug-likeness (QED) is 0.759. The van der Waals surface area contributed by atoms with Gasteiger partial charge in [0.05, 0.1) is 11.9 Å². The number of para-hydroxylation sites is 1. The van der Waals surface area contributed by atoms with E-state index in [0.717, 1.165) is 29.9 Å². The smallest absolute Gasteiger partial charge is 0.248 e. The van der Waals surface area contributed by atoms with Gasteiger partial charge >= 0.3 is 0 Å². The van der Waals surface area contributed by atoms with Crippen LogP contribution in [-0.2, 0) is 13.1 Å². The summed E-state index contributed by atoms with van der Waals surface area (Å²) in [6, 6.07) is 17.4. The lowest BCUT2D eigenvalue weighted by Crippen LogP contribution is -2.17. The molecule has 3 aromatic rings. The van der Waals surface area contributed by atoms with E-state index in [2.05, 4.69) is 17.0 Å². The number of rotatable bonds is 6. The number of hydrogen-bond donors (Lipinski definition) is 1. The Morgan fingerprint density at radius 3 is 2.38 bits per heavy atom. The van der Waals surface area contributed by atoms with Gasteiger partial charge in [-0.1, -0.05) is 30.3 Å². The first-order valence-corrected chi connectivity index (χ1v) is 7.78. The van der Waals surface area contributed by atoms with Crippen molar-refractivity contribution in [2.24, 2.45) is 5.73 Å². The number of amides is 1. The predicted molar refractivity (Wildman–Crippen MR) is 93.7 cm³/mol. The van der Waals surface area contributed by atoms with Gasteiger partial charge in [-0.25, -0.2) is 4.68 Å². The van der Waals surface area contributed by atoms with Gasteiger partial charge in [-0.2, -0.15) is 5.10 Å². The van der Waals surface area contributed by atoms with Gasteiger partial charge in [-0.05, 0) is 36.9 Å². The van der Waals surface area contributed by atoms with E-state index < -0.39 is 5.91 Å². The highest BCUT2D eigenvalue weighted by Gasteiger charge is 2.06. The third-order valence-corrected chi connectivity index (χ3v) is 3.80. The Morgan fingerprint density at radius 2 is 1.71 bits per heavy atom. The Balaban J connectivity index is 1.62. The molecule has 0 bridgehead atoms. The SMILES string of the molecule is CN(Cc1ccc(C(N)=O)cc1)Cc1cnn(-c2ccccc2)c1. The molecule has 0 aliphatic carbocycles. The Kier molecular flexibility index (Phi) is 4.72. The fourth-order valence-corrected chi connectivity index (χ4v) is 2.62. The van der Waals surface area contributed by atoms with Crippen molar-refractivity contribution in [3.05, 3.63) is 83.7 Å². The van der Waals surface area contributed by atoms with Crippen molar-refractivity contribution in [2.75, 3.05) is 7.05 Å². The molecule has 0 radical (unpaired) electrons. The van der Waals surface area contributed by atoms with E-state index in [0.29, 0.717) is 5.56 Å². The zero-order chi connectivity index (χ0) is 16.9. The van der Waals surface area contributed by atoms with Gasteiger partial charge in [-0.15, -0.1) is 0 Å². The van der Waals surface area contributed by atoms with Crippen molar-refractivity contribution in [1.29, 1.82) is 0 Å². The van der Waals surface area contributed by atoms with Crippen LogP contribution in [0.15, 0.2) is 67.0 Å². The number of primary amides is 1. The number of hydrogen-bond acceptors (Lipinski definition) is 3. The summed E-state index contributed by atoms with van der Waals surface area (Å²) in [4.78, 5) is 13.3. The predicted octanol–water partition coefficient (Wildman–Crippen LogP) is 2.60. The Labute approximate surface area is 141 Å². The van der Waals surface area contributed by atoms with E-state index in [1.165, 1.54) is 0 Å². The first kappa shape index (κ1) is 16.0. The Bertz CT molecular complexity index is 809. The number of carbonyl (C=O) groups excluding carboxylic acids is 1. The second kappa shape index (κ2) is 7.10. The molecule has 0 unspecified atom stereocenters. The largest absolute Gasteiger partial charge is 0.366 e. The maximum atomic E-state index is 11.1. The maximum Gasteiger partial charge on any atom is 0.248 e. The lowest BCUT2D eigenvalue weighted by atomic mass is 10.1. The van der Waals surface area contributed by atoms with Crippen LogP contribution in [0, 0.1) is 0 Å². The number of benzene rings is 2.